The van der Waals surface area contributed by atoms with E-state index in [2.05, 4.69) is 17.4 Å². The number of benzene rings is 3. The van der Waals surface area contributed by atoms with E-state index in [9.17, 15) is 9.59 Å². The normalized spacial score (nSPS) is 10.4. The van der Waals surface area contributed by atoms with Crippen LogP contribution in [-0.4, -0.2) is 18.5 Å². The molecular weight excluding hydrogens is 382 g/mol. The molecule has 148 valence electrons. The van der Waals surface area contributed by atoms with Gasteiger partial charge in [0.1, 0.15) is 0 Å². The highest BCUT2D eigenvalue weighted by Crippen LogP contribution is 2.19. The summed E-state index contributed by atoms with van der Waals surface area (Å²) in [6.07, 6.45) is 0. The lowest BCUT2D eigenvalue weighted by atomic mass is 10.1. The molecule has 3 aromatic carbocycles. The topological polar surface area (TPSA) is 55.4 Å². The largest absolute Gasteiger partial charge is 0.462 e. The first kappa shape index (κ1) is 20.7. The average molecular weight is 406 g/mol. The van der Waals surface area contributed by atoms with Crippen molar-refractivity contribution in [1.82, 2.24) is 0 Å². The Kier molecular flexibility index (Phi) is 7.47. The minimum atomic E-state index is -0.369. The van der Waals surface area contributed by atoms with Crippen molar-refractivity contribution in [3.63, 3.8) is 0 Å². The minimum Gasteiger partial charge on any atom is -0.462 e. The second kappa shape index (κ2) is 10.5. The number of hydrogen-bond donors (Lipinski definition) is 1. The molecule has 0 spiro atoms. The zero-order valence-corrected chi connectivity index (χ0v) is 17.1. The molecule has 0 fully saturated rings. The Labute approximate surface area is 175 Å². The van der Waals surface area contributed by atoms with Crippen LogP contribution in [0, 0.1) is 0 Å². The van der Waals surface area contributed by atoms with Gasteiger partial charge in [-0.15, -0.1) is 0 Å². The van der Waals surface area contributed by atoms with Crippen molar-refractivity contribution < 1.29 is 14.3 Å². The van der Waals surface area contributed by atoms with Gasteiger partial charge in [-0.05, 0) is 54.4 Å². The fourth-order valence-electron chi connectivity index (χ4n) is 2.72. The summed E-state index contributed by atoms with van der Waals surface area (Å²) < 4.78 is 4.95. The second-order valence-electron chi connectivity index (χ2n) is 6.43. The second-order valence-corrected chi connectivity index (χ2v) is 7.41. The zero-order chi connectivity index (χ0) is 20.5. The summed E-state index contributed by atoms with van der Waals surface area (Å²) in [5.74, 6) is 1.31. The molecule has 0 radical (unpaired) electrons. The lowest BCUT2D eigenvalue weighted by molar-refractivity contribution is 0.0526. The number of nitrogens with one attached hydrogen (secondary N) is 1. The van der Waals surface area contributed by atoms with Crippen molar-refractivity contribution in [2.45, 2.75) is 18.4 Å². The summed E-state index contributed by atoms with van der Waals surface area (Å²) in [6, 6.07) is 24.7. The number of amides is 1. The fourth-order valence-corrected chi connectivity index (χ4v) is 3.68. The molecule has 0 bridgehead atoms. The SMILES string of the molecule is CCOC(=O)c1ccc(NC(=O)c2ccc(CSCc3ccccc3)cc2)cc1. The van der Waals surface area contributed by atoms with Gasteiger partial charge in [-0.2, -0.15) is 11.8 Å². The molecule has 0 unspecified atom stereocenters. The summed E-state index contributed by atoms with van der Waals surface area (Å²) in [4.78, 5) is 24.1. The molecule has 29 heavy (non-hydrogen) atoms. The number of carbonyl (C=O) groups excluding carboxylic acids is 2. The van der Waals surface area contributed by atoms with Gasteiger partial charge in [-0.25, -0.2) is 4.79 Å². The molecule has 0 aromatic heterocycles. The highest BCUT2D eigenvalue weighted by Gasteiger charge is 2.09. The lowest BCUT2D eigenvalue weighted by Crippen LogP contribution is -2.12. The standard InChI is InChI=1S/C24H23NO3S/c1-2-28-24(27)21-12-14-22(15-13-21)25-23(26)20-10-8-19(9-11-20)17-29-16-18-6-4-3-5-7-18/h3-15H,2,16-17H2,1H3,(H,25,26). The maximum Gasteiger partial charge on any atom is 0.338 e. The predicted molar refractivity (Wildman–Crippen MR) is 118 cm³/mol. The van der Waals surface area contributed by atoms with E-state index in [1.807, 2.05) is 54.2 Å². The van der Waals surface area contributed by atoms with Crippen molar-refractivity contribution in [3.8, 4) is 0 Å². The Balaban J connectivity index is 1.51. The van der Waals surface area contributed by atoms with Gasteiger partial charge < -0.3 is 10.1 Å². The third kappa shape index (κ3) is 6.22. The molecule has 0 aliphatic heterocycles. The van der Waals surface area contributed by atoms with Crippen molar-refractivity contribution >= 4 is 29.3 Å². The van der Waals surface area contributed by atoms with Crippen molar-refractivity contribution in [2.75, 3.05) is 11.9 Å². The maximum atomic E-state index is 12.4. The van der Waals surface area contributed by atoms with E-state index in [0.717, 1.165) is 11.5 Å². The van der Waals surface area contributed by atoms with Gasteiger partial charge in [0, 0.05) is 22.8 Å². The van der Waals surface area contributed by atoms with E-state index in [1.165, 1.54) is 11.1 Å². The molecule has 4 nitrogen and oxygen atoms in total. The number of anilines is 1. The molecule has 0 atom stereocenters. The third-order valence-corrected chi connectivity index (χ3v) is 5.33. The van der Waals surface area contributed by atoms with E-state index in [0.29, 0.717) is 23.4 Å². The first-order valence-corrected chi connectivity index (χ1v) is 10.6. The van der Waals surface area contributed by atoms with Gasteiger partial charge in [-0.3, -0.25) is 4.79 Å². The van der Waals surface area contributed by atoms with Crippen LogP contribution in [-0.2, 0) is 16.2 Å². The van der Waals surface area contributed by atoms with Crippen LogP contribution in [0.15, 0.2) is 78.9 Å². The molecule has 1 N–H and O–H groups in total. The number of thioether (sulfide) groups is 1. The first-order chi connectivity index (χ1) is 14.2. The number of rotatable bonds is 8. The van der Waals surface area contributed by atoms with Crippen LogP contribution in [0.1, 0.15) is 38.8 Å². The van der Waals surface area contributed by atoms with Gasteiger partial charge in [0.15, 0.2) is 0 Å². The molecule has 0 aliphatic rings. The molecular formula is C24H23NO3S. The van der Waals surface area contributed by atoms with Crippen LogP contribution >= 0.6 is 11.8 Å². The van der Waals surface area contributed by atoms with Gasteiger partial charge in [0.05, 0.1) is 12.2 Å². The van der Waals surface area contributed by atoms with Crippen molar-refractivity contribution in [3.05, 3.63) is 101 Å². The average Bonchev–Trinajstić information content (AvgIpc) is 2.75. The number of ether oxygens (including phenoxy) is 1. The summed E-state index contributed by atoms with van der Waals surface area (Å²) in [5, 5.41) is 2.84. The Bertz CT molecular complexity index is 938. The van der Waals surface area contributed by atoms with Crippen LogP contribution in [0.3, 0.4) is 0 Å². The Morgan fingerprint density at radius 1 is 0.793 bits per heavy atom. The highest BCUT2D eigenvalue weighted by molar-refractivity contribution is 7.97. The van der Waals surface area contributed by atoms with Crippen LogP contribution in [0.25, 0.3) is 0 Å². The van der Waals surface area contributed by atoms with Crippen molar-refractivity contribution in [2.24, 2.45) is 0 Å². The van der Waals surface area contributed by atoms with E-state index in [4.69, 9.17) is 4.74 Å². The van der Waals surface area contributed by atoms with Crippen LogP contribution in [0.4, 0.5) is 5.69 Å². The van der Waals surface area contributed by atoms with E-state index in [-0.39, 0.29) is 11.9 Å². The predicted octanol–water partition coefficient (Wildman–Crippen LogP) is 5.55. The first-order valence-electron chi connectivity index (χ1n) is 9.45. The minimum absolute atomic E-state index is 0.183. The molecule has 0 aliphatic carbocycles. The van der Waals surface area contributed by atoms with E-state index < -0.39 is 0 Å². The quantitative estimate of drug-likeness (QED) is 0.499. The molecule has 5 heteroatoms. The molecule has 0 saturated carbocycles. The zero-order valence-electron chi connectivity index (χ0n) is 16.3. The molecule has 0 saturated heterocycles. The Morgan fingerprint density at radius 2 is 1.38 bits per heavy atom. The van der Waals surface area contributed by atoms with Gasteiger partial charge in [0.25, 0.3) is 5.91 Å². The van der Waals surface area contributed by atoms with E-state index >= 15 is 0 Å². The Hall–Kier alpha value is -3.05. The molecule has 3 aromatic rings. The highest BCUT2D eigenvalue weighted by atomic mass is 32.2. The van der Waals surface area contributed by atoms with Gasteiger partial charge in [-0.1, -0.05) is 42.5 Å². The van der Waals surface area contributed by atoms with Crippen LogP contribution in [0.5, 0.6) is 0 Å². The molecule has 0 heterocycles. The summed E-state index contributed by atoms with van der Waals surface area (Å²) in [5.41, 5.74) is 4.17. The summed E-state index contributed by atoms with van der Waals surface area (Å²) in [6.45, 7) is 2.10. The number of carbonyl (C=O) groups is 2. The van der Waals surface area contributed by atoms with Crippen LogP contribution in [0.2, 0.25) is 0 Å². The molecule has 1 amide bonds. The summed E-state index contributed by atoms with van der Waals surface area (Å²) >= 11 is 1.85. The van der Waals surface area contributed by atoms with Crippen molar-refractivity contribution in [1.29, 1.82) is 0 Å². The van der Waals surface area contributed by atoms with Crippen LogP contribution < -0.4 is 5.32 Å². The lowest BCUT2D eigenvalue weighted by Gasteiger charge is -2.08. The van der Waals surface area contributed by atoms with E-state index in [1.54, 1.807) is 31.2 Å². The fraction of sp³-hybridized carbons (Fsp3) is 0.167. The summed E-state index contributed by atoms with van der Waals surface area (Å²) in [7, 11) is 0. The monoisotopic (exact) mass is 405 g/mol. The Morgan fingerprint density at radius 3 is 2.00 bits per heavy atom. The van der Waals surface area contributed by atoms with Gasteiger partial charge >= 0.3 is 5.97 Å². The molecule has 3 rings (SSSR count). The smallest absolute Gasteiger partial charge is 0.338 e. The third-order valence-electron chi connectivity index (χ3n) is 4.25. The van der Waals surface area contributed by atoms with Gasteiger partial charge in [0.2, 0.25) is 0 Å². The number of hydrogen-bond acceptors (Lipinski definition) is 4. The number of esters is 1. The maximum absolute atomic E-state index is 12.4.